The van der Waals surface area contributed by atoms with Gasteiger partial charge in [-0.3, -0.25) is 14.4 Å². The van der Waals surface area contributed by atoms with Gasteiger partial charge in [-0.05, 0) is 69.7 Å². The number of carbonyl (C=O) groups excluding carboxylic acids is 4. The number of ether oxygens (including phenoxy) is 2. The summed E-state index contributed by atoms with van der Waals surface area (Å²) >= 11 is 1.56. The lowest BCUT2D eigenvalue weighted by atomic mass is 9.99. The predicted octanol–water partition coefficient (Wildman–Crippen LogP) is 5.50. The molecule has 1 aromatic carbocycles. The third-order valence-electron chi connectivity index (χ3n) is 6.09. The molecule has 0 bridgehead atoms. The topological polar surface area (TPSA) is 114 Å². The second-order valence-corrected chi connectivity index (χ2v) is 11.7. The van der Waals surface area contributed by atoms with E-state index in [1.807, 2.05) is 24.5 Å². The average Bonchev–Trinajstić information content (AvgIpc) is 2.91. The Morgan fingerprint density at radius 3 is 2.46 bits per heavy atom. The molecule has 0 spiro atoms. The highest BCUT2D eigenvalue weighted by Gasteiger charge is 2.36. The minimum atomic E-state index is -0.983. The second kappa shape index (κ2) is 19.2. The lowest BCUT2D eigenvalue weighted by molar-refractivity contribution is -0.144. The molecule has 2 atom stereocenters. The van der Waals surface area contributed by atoms with Crippen molar-refractivity contribution in [3.05, 3.63) is 42.0 Å². The van der Waals surface area contributed by atoms with Gasteiger partial charge >= 0.3 is 12.1 Å². The van der Waals surface area contributed by atoms with Crippen molar-refractivity contribution >= 4 is 41.7 Å². The van der Waals surface area contributed by atoms with E-state index >= 15 is 0 Å². The summed E-state index contributed by atoms with van der Waals surface area (Å²) in [5.74, 6) is -0.571. The molecule has 0 heterocycles. The highest BCUT2D eigenvalue weighted by Crippen LogP contribution is 2.26. The summed E-state index contributed by atoms with van der Waals surface area (Å²) in [5, 5.41) is 5.58. The maximum absolute atomic E-state index is 14.2. The Kier molecular flexibility index (Phi) is 16.8. The molecule has 0 radical (unpaired) electrons. The van der Waals surface area contributed by atoms with Crippen molar-refractivity contribution in [1.82, 2.24) is 15.5 Å². The normalized spacial score (nSPS) is 12.5. The van der Waals surface area contributed by atoms with Gasteiger partial charge < -0.3 is 25.0 Å². The predicted molar refractivity (Wildman–Crippen MR) is 166 cm³/mol. The standard InChI is InChI=1S/C31H49N3O6S/c1-8-11-12-13-20-34(29(37)25(18-21-41-7)33-30(38)40-31(4,5)6)27(24-16-14-15-23(9-2)22-24)28(36)32-19-17-26(35)39-10-3/h9,14-16,22,25,27H,2,8,10-13,17-21H2,1,3-7H3,(H,32,36)(H,33,38). The number of alkyl carbamates (subject to hydrolysis) is 1. The van der Waals surface area contributed by atoms with Crippen LogP contribution in [0.1, 0.15) is 90.3 Å². The van der Waals surface area contributed by atoms with E-state index in [-0.39, 0.29) is 25.5 Å². The number of amides is 3. The maximum Gasteiger partial charge on any atom is 0.408 e. The molecule has 0 saturated heterocycles. The molecule has 0 fully saturated rings. The first kappa shape index (κ1) is 36.0. The van der Waals surface area contributed by atoms with Gasteiger partial charge in [0.15, 0.2) is 0 Å². The SMILES string of the molecule is C=Cc1cccc(C(C(=O)NCCC(=O)OCC)N(CCCCCC)C(=O)C(CCSC)NC(=O)OC(C)(C)C)c1. The minimum absolute atomic E-state index is 0.0139. The molecule has 0 aliphatic heterocycles. The van der Waals surface area contributed by atoms with Gasteiger partial charge in [0, 0.05) is 13.1 Å². The Bertz CT molecular complexity index is 994. The number of esters is 1. The molecule has 3 amide bonds. The third-order valence-corrected chi connectivity index (χ3v) is 6.74. The summed E-state index contributed by atoms with van der Waals surface area (Å²) in [4.78, 5) is 54.2. The highest BCUT2D eigenvalue weighted by molar-refractivity contribution is 7.98. The number of benzene rings is 1. The number of thioether (sulfide) groups is 1. The maximum atomic E-state index is 14.2. The average molecular weight is 592 g/mol. The van der Waals surface area contributed by atoms with Crippen molar-refractivity contribution in [1.29, 1.82) is 0 Å². The minimum Gasteiger partial charge on any atom is -0.466 e. The molecule has 1 rings (SSSR count). The van der Waals surface area contributed by atoms with E-state index in [0.717, 1.165) is 24.8 Å². The fourth-order valence-electron chi connectivity index (χ4n) is 4.17. The zero-order valence-corrected chi connectivity index (χ0v) is 26.4. The molecule has 2 N–H and O–H groups in total. The van der Waals surface area contributed by atoms with E-state index in [4.69, 9.17) is 9.47 Å². The molecule has 10 heteroatoms. The summed E-state index contributed by atoms with van der Waals surface area (Å²) in [7, 11) is 0. The molecule has 9 nitrogen and oxygen atoms in total. The van der Waals surface area contributed by atoms with E-state index in [9.17, 15) is 19.2 Å². The molecule has 41 heavy (non-hydrogen) atoms. The number of rotatable bonds is 18. The van der Waals surface area contributed by atoms with Gasteiger partial charge in [0.05, 0.1) is 13.0 Å². The highest BCUT2D eigenvalue weighted by atomic mass is 32.2. The van der Waals surface area contributed by atoms with Crippen molar-refractivity contribution < 1.29 is 28.7 Å². The van der Waals surface area contributed by atoms with Gasteiger partial charge in [-0.2, -0.15) is 11.8 Å². The Morgan fingerprint density at radius 2 is 1.85 bits per heavy atom. The van der Waals surface area contributed by atoms with Crippen LogP contribution in [0.15, 0.2) is 30.8 Å². The number of nitrogens with zero attached hydrogens (tertiary/aromatic N) is 1. The monoisotopic (exact) mass is 591 g/mol. The molecular formula is C31H49N3O6S. The van der Waals surface area contributed by atoms with Crippen LogP contribution in [0.25, 0.3) is 6.08 Å². The Hall–Kier alpha value is -3.01. The van der Waals surface area contributed by atoms with Crippen LogP contribution in [0.3, 0.4) is 0 Å². The summed E-state index contributed by atoms with van der Waals surface area (Å²) < 4.78 is 10.4. The largest absolute Gasteiger partial charge is 0.466 e. The second-order valence-electron chi connectivity index (χ2n) is 10.7. The lowest BCUT2D eigenvalue weighted by Crippen LogP contribution is -2.53. The van der Waals surface area contributed by atoms with E-state index in [1.54, 1.807) is 56.5 Å². The van der Waals surface area contributed by atoms with Gasteiger partial charge in [-0.25, -0.2) is 4.79 Å². The number of nitrogens with one attached hydrogen (secondary N) is 2. The van der Waals surface area contributed by atoms with Crippen LogP contribution < -0.4 is 10.6 Å². The smallest absolute Gasteiger partial charge is 0.408 e. The fourth-order valence-corrected chi connectivity index (χ4v) is 4.64. The number of hydrogen-bond donors (Lipinski definition) is 2. The van der Waals surface area contributed by atoms with E-state index in [0.29, 0.717) is 30.7 Å². The molecule has 1 aromatic rings. The molecule has 0 aliphatic carbocycles. The van der Waals surface area contributed by atoms with Gasteiger partial charge in [-0.15, -0.1) is 0 Å². The zero-order chi connectivity index (χ0) is 30.8. The molecular weight excluding hydrogens is 542 g/mol. The van der Waals surface area contributed by atoms with Crippen LogP contribution >= 0.6 is 11.8 Å². The summed E-state index contributed by atoms with van der Waals surface area (Å²) in [6.45, 7) is 13.6. The van der Waals surface area contributed by atoms with Gasteiger partial charge in [0.1, 0.15) is 17.7 Å². The zero-order valence-electron chi connectivity index (χ0n) is 25.6. The summed E-state index contributed by atoms with van der Waals surface area (Å²) in [6.07, 6.45) is 6.89. The molecule has 0 saturated carbocycles. The van der Waals surface area contributed by atoms with Crippen LogP contribution in [0.5, 0.6) is 0 Å². The van der Waals surface area contributed by atoms with Crippen molar-refractivity contribution in [2.75, 3.05) is 31.7 Å². The Labute approximate surface area is 250 Å². The quantitative estimate of drug-likeness (QED) is 0.171. The fraction of sp³-hybridized carbons (Fsp3) is 0.613. The van der Waals surface area contributed by atoms with Crippen molar-refractivity contribution in [2.45, 2.75) is 90.8 Å². The first-order valence-electron chi connectivity index (χ1n) is 14.4. The molecule has 0 aliphatic rings. The van der Waals surface area contributed by atoms with E-state index in [2.05, 4.69) is 24.1 Å². The van der Waals surface area contributed by atoms with E-state index < -0.39 is 35.7 Å². The first-order valence-corrected chi connectivity index (χ1v) is 15.8. The molecule has 0 aromatic heterocycles. The molecule has 2 unspecified atom stereocenters. The van der Waals surface area contributed by atoms with Crippen molar-refractivity contribution in [3.63, 3.8) is 0 Å². The van der Waals surface area contributed by atoms with Crippen LogP contribution in [0, 0.1) is 0 Å². The van der Waals surface area contributed by atoms with Gasteiger partial charge in [0.2, 0.25) is 11.8 Å². The number of carbonyl (C=O) groups is 4. The Balaban J connectivity index is 3.47. The number of hydrogen-bond acceptors (Lipinski definition) is 7. The summed E-state index contributed by atoms with van der Waals surface area (Å²) in [5.41, 5.74) is 0.681. The lowest BCUT2D eigenvalue weighted by Gasteiger charge is -2.34. The van der Waals surface area contributed by atoms with Crippen LogP contribution in [0.4, 0.5) is 4.79 Å². The summed E-state index contributed by atoms with van der Waals surface area (Å²) in [6, 6.07) is 5.43. The third kappa shape index (κ3) is 13.9. The van der Waals surface area contributed by atoms with Gasteiger partial charge in [-0.1, -0.05) is 57.0 Å². The van der Waals surface area contributed by atoms with Crippen LogP contribution in [-0.2, 0) is 23.9 Å². The van der Waals surface area contributed by atoms with Crippen molar-refractivity contribution in [3.8, 4) is 0 Å². The van der Waals surface area contributed by atoms with Crippen LogP contribution in [-0.4, -0.2) is 72.1 Å². The number of unbranched alkanes of at least 4 members (excludes halogenated alkanes) is 3. The van der Waals surface area contributed by atoms with Crippen molar-refractivity contribution in [2.24, 2.45) is 0 Å². The Morgan fingerprint density at radius 1 is 1.12 bits per heavy atom. The van der Waals surface area contributed by atoms with E-state index in [1.165, 1.54) is 0 Å². The molecule has 230 valence electrons. The van der Waals surface area contributed by atoms with Gasteiger partial charge in [0.25, 0.3) is 0 Å². The van der Waals surface area contributed by atoms with Crippen LogP contribution in [0.2, 0.25) is 0 Å². The first-order chi connectivity index (χ1) is 19.5.